The minimum atomic E-state index is 0.576. The van der Waals surface area contributed by atoms with Crippen LogP contribution in [0.1, 0.15) is 0 Å². The van der Waals surface area contributed by atoms with E-state index in [9.17, 15) is 0 Å². The normalized spacial score (nSPS) is 9.44. The van der Waals surface area contributed by atoms with E-state index in [1.807, 2.05) is 0 Å². The van der Waals surface area contributed by atoms with Gasteiger partial charge in [-0.15, -0.1) is 0 Å². The van der Waals surface area contributed by atoms with Crippen molar-refractivity contribution >= 4 is 18.1 Å². The van der Waals surface area contributed by atoms with Crippen LogP contribution in [0.2, 0.25) is 0 Å². The minimum Gasteiger partial charge on any atom is -0.290 e. The summed E-state index contributed by atoms with van der Waals surface area (Å²) in [5.74, 6) is 0. The summed E-state index contributed by atoms with van der Waals surface area (Å²) in [6.45, 7) is 6.98. The Hall–Kier alpha value is -0.740. The second kappa shape index (κ2) is 5.40. The van der Waals surface area contributed by atoms with Gasteiger partial charge in [-0.3, -0.25) is 10.7 Å². The molecule has 0 aliphatic carbocycles. The Bertz CT molecular complexity index is 133. The lowest BCUT2D eigenvalue weighted by molar-refractivity contribution is 0.240. The highest BCUT2D eigenvalue weighted by atomic mass is 32.2. The summed E-state index contributed by atoms with van der Waals surface area (Å²) in [6.07, 6.45) is 1.14. The van der Waals surface area contributed by atoms with Gasteiger partial charge in [0, 0.05) is 0 Å². The molecule has 0 unspecified atom stereocenters. The van der Waals surface area contributed by atoms with E-state index in [1.165, 1.54) is 11.8 Å². The third-order valence-corrected chi connectivity index (χ3v) is 1.03. The Morgan fingerprint density at radius 1 is 1.78 bits per heavy atom. The molecule has 0 aliphatic rings. The van der Waals surface area contributed by atoms with Gasteiger partial charge in [-0.25, -0.2) is 4.99 Å². The zero-order valence-electron chi connectivity index (χ0n) is 4.87. The molecule has 0 bridgehead atoms. The van der Waals surface area contributed by atoms with Crippen molar-refractivity contribution < 1.29 is 5.21 Å². The van der Waals surface area contributed by atoms with Crippen LogP contribution >= 0.6 is 11.8 Å². The van der Waals surface area contributed by atoms with Crippen molar-refractivity contribution in [3.8, 4) is 0 Å². The monoisotopic (exact) mass is 144 g/mol. The van der Waals surface area contributed by atoms with Gasteiger partial charge in [0.2, 0.25) is 0 Å². The summed E-state index contributed by atoms with van der Waals surface area (Å²) in [4.78, 5) is 3.64. The molecule has 0 spiro atoms. The molecule has 0 saturated carbocycles. The Morgan fingerprint density at radius 2 is 2.44 bits per heavy atom. The molecule has 9 heavy (non-hydrogen) atoms. The van der Waals surface area contributed by atoms with Gasteiger partial charge in [-0.2, -0.15) is 0 Å². The van der Waals surface area contributed by atoms with E-state index >= 15 is 0 Å². The fourth-order valence-electron chi connectivity index (χ4n) is 0.227. The maximum absolute atomic E-state index is 8.01. The van der Waals surface area contributed by atoms with Crippen LogP contribution in [-0.2, 0) is 0 Å². The SMILES string of the molecule is C=CSC(=C)N=CNO. The summed E-state index contributed by atoms with van der Waals surface area (Å²) in [5.41, 5.74) is 1.76. The molecule has 3 nitrogen and oxygen atoms in total. The minimum absolute atomic E-state index is 0.576. The van der Waals surface area contributed by atoms with E-state index in [-0.39, 0.29) is 0 Å². The molecule has 0 fully saturated rings. The number of hydroxylamine groups is 1. The lowest BCUT2D eigenvalue weighted by Gasteiger charge is -1.89. The first kappa shape index (κ1) is 8.26. The van der Waals surface area contributed by atoms with Crippen LogP contribution in [0.5, 0.6) is 0 Å². The van der Waals surface area contributed by atoms with Gasteiger partial charge in [0.1, 0.15) is 6.34 Å². The maximum Gasteiger partial charge on any atom is 0.113 e. The first-order valence-electron chi connectivity index (χ1n) is 2.20. The summed E-state index contributed by atoms with van der Waals surface area (Å²) in [7, 11) is 0. The van der Waals surface area contributed by atoms with Crippen LogP contribution in [0, 0.1) is 0 Å². The second-order valence-corrected chi connectivity index (χ2v) is 2.11. The number of rotatable bonds is 4. The molecule has 50 valence electrons. The molecular formula is C5H8N2OS. The van der Waals surface area contributed by atoms with Crippen LogP contribution in [0.4, 0.5) is 0 Å². The van der Waals surface area contributed by atoms with Crippen molar-refractivity contribution in [3.63, 3.8) is 0 Å². The van der Waals surface area contributed by atoms with Crippen LogP contribution in [-0.4, -0.2) is 11.5 Å². The molecule has 0 heterocycles. The quantitative estimate of drug-likeness (QED) is 0.355. The molecule has 2 N–H and O–H groups in total. The van der Waals surface area contributed by atoms with Gasteiger partial charge < -0.3 is 0 Å². The summed E-state index contributed by atoms with van der Waals surface area (Å²) >= 11 is 1.29. The highest BCUT2D eigenvalue weighted by molar-refractivity contribution is 8.05. The number of thioether (sulfide) groups is 1. The van der Waals surface area contributed by atoms with Crippen molar-refractivity contribution in [3.05, 3.63) is 23.6 Å². The number of nitrogens with zero attached hydrogens (tertiary/aromatic N) is 1. The molecule has 0 amide bonds. The topological polar surface area (TPSA) is 44.6 Å². The number of hydrogen-bond donors (Lipinski definition) is 2. The van der Waals surface area contributed by atoms with E-state index in [0.29, 0.717) is 5.03 Å². The molecule has 0 radical (unpaired) electrons. The third-order valence-electron chi connectivity index (χ3n) is 0.486. The van der Waals surface area contributed by atoms with E-state index in [0.717, 1.165) is 6.34 Å². The standard InChI is InChI=1S/C5H8N2OS/c1-3-9-5(2)6-4-7-8/h3-4,8H,1-2H2,(H,6,7). The Kier molecular flexibility index (Phi) is 4.95. The zero-order valence-corrected chi connectivity index (χ0v) is 5.69. The van der Waals surface area contributed by atoms with Crippen LogP contribution in [0.3, 0.4) is 0 Å². The largest absolute Gasteiger partial charge is 0.290 e. The average molecular weight is 144 g/mol. The molecular weight excluding hydrogens is 136 g/mol. The molecule has 0 aliphatic heterocycles. The lowest BCUT2D eigenvalue weighted by Crippen LogP contribution is -2.01. The molecule has 0 saturated heterocycles. The highest BCUT2D eigenvalue weighted by Crippen LogP contribution is 2.13. The van der Waals surface area contributed by atoms with Gasteiger partial charge >= 0.3 is 0 Å². The lowest BCUT2D eigenvalue weighted by atomic mass is 11.0. The van der Waals surface area contributed by atoms with Crippen LogP contribution < -0.4 is 5.48 Å². The highest BCUT2D eigenvalue weighted by Gasteiger charge is 1.81. The van der Waals surface area contributed by atoms with E-state index in [1.54, 1.807) is 10.9 Å². The number of aliphatic imine (C=N–C) groups is 1. The van der Waals surface area contributed by atoms with Gasteiger partial charge in [-0.05, 0) is 5.41 Å². The molecule has 4 heteroatoms. The third kappa shape index (κ3) is 5.13. The van der Waals surface area contributed by atoms with Gasteiger partial charge in [0.05, 0.1) is 5.03 Å². The Labute approximate surface area is 58.1 Å². The first-order chi connectivity index (χ1) is 4.31. The molecule has 0 aromatic carbocycles. The van der Waals surface area contributed by atoms with Gasteiger partial charge in [-0.1, -0.05) is 24.9 Å². The van der Waals surface area contributed by atoms with E-state index in [2.05, 4.69) is 18.2 Å². The van der Waals surface area contributed by atoms with Crippen LogP contribution in [0.15, 0.2) is 28.6 Å². The summed E-state index contributed by atoms with van der Waals surface area (Å²) in [6, 6.07) is 0. The fourth-order valence-corrected chi connectivity index (χ4v) is 0.533. The van der Waals surface area contributed by atoms with Crippen LogP contribution in [0.25, 0.3) is 0 Å². The first-order valence-corrected chi connectivity index (χ1v) is 3.08. The average Bonchev–Trinajstić information content (AvgIpc) is 1.85. The van der Waals surface area contributed by atoms with Crippen molar-refractivity contribution in [1.82, 2.24) is 5.48 Å². The fraction of sp³-hybridized carbons (Fsp3) is 0. The predicted molar refractivity (Wildman–Crippen MR) is 40.3 cm³/mol. The van der Waals surface area contributed by atoms with Crippen molar-refractivity contribution in [1.29, 1.82) is 0 Å². The van der Waals surface area contributed by atoms with E-state index in [4.69, 9.17) is 5.21 Å². The van der Waals surface area contributed by atoms with Crippen molar-refractivity contribution in [2.75, 3.05) is 0 Å². The predicted octanol–water partition coefficient (Wildman–Crippen LogP) is 1.34. The zero-order chi connectivity index (χ0) is 7.11. The Morgan fingerprint density at radius 3 is 2.89 bits per heavy atom. The van der Waals surface area contributed by atoms with Gasteiger partial charge in [0.25, 0.3) is 0 Å². The summed E-state index contributed by atoms with van der Waals surface area (Å²) < 4.78 is 0. The van der Waals surface area contributed by atoms with E-state index < -0.39 is 0 Å². The smallest absolute Gasteiger partial charge is 0.113 e. The van der Waals surface area contributed by atoms with Crippen molar-refractivity contribution in [2.24, 2.45) is 4.99 Å². The van der Waals surface area contributed by atoms with Crippen molar-refractivity contribution in [2.45, 2.75) is 0 Å². The summed E-state index contributed by atoms with van der Waals surface area (Å²) in [5, 5.41) is 10.2. The molecule has 0 aromatic heterocycles. The molecule has 0 atom stereocenters. The molecule has 0 rings (SSSR count). The number of nitrogens with one attached hydrogen (secondary N) is 1. The second-order valence-electron chi connectivity index (χ2n) is 1.07. The Balaban J connectivity index is 3.49. The maximum atomic E-state index is 8.01. The number of hydrogen-bond acceptors (Lipinski definition) is 3. The van der Waals surface area contributed by atoms with Gasteiger partial charge in [0.15, 0.2) is 0 Å². The molecule has 0 aromatic rings.